The molecule has 1 saturated heterocycles. The highest BCUT2D eigenvalue weighted by atomic mass is 33.1. The van der Waals surface area contributed by atoms with Gasteiger partial charge in [0.1, 0.15) is 8.54 Å². The molecular weight excluding hydrogens is 488 g/mol. The Balaban J connectivity index is 0.000000470. The highest BCUT2D eigenvalue weighted by molar-refractivity contribution is 9.01. The summed E-state index contributed by atoms with van der Waals surface area (Å²) in [5.41, 5.74) is 0. The highest BCUT2D eigenvalue weighted by Crippen LogP contribution is 2.93. The van der Waals surface area contributed by atoms with Crippen LogP contribution in [0.3, 0.4) is 0 Å². The molecule has 0 radical (unpaired) electrons. The van der Waals surface area contributed by atoms with Gasteiger partial charge in [-0.25, -0.2) is 4.21 Å². The molecule has 12 heteroatoms. The van der Waals surface area contributed by atoms with Crippen molar-refractivity contribution in [2.45, 2.75) is 52.4 Å². The molecule has 1 rings (SSSR count). The maximum Gasteiger partial charge on any atom is 0.101 e. The summed E-state index contributed by atoms with van der Waals surface area (Å²) in [6, 6.07) is 0. The van der Waals surface area contributed by atoms with E-state index < -0.39 is 15.7 Å². The van der Waals surface area contributed by atoms with E-state index in [9.17, 15) is 8.77 Å². The van der Waals surface area contributed by atoms with Gasteiger partial charge in [-0.1, -0.05) is 41.1 Å². The van der Waals surface area contributed by atoms with E-state index in [2.05, 4.69) is 51.8 Å². The molecule has 1 fully saturated rings. The van der Waals surface area contributed by atoms with Gasteiger partial charge in [0.05, 0.1) is 7.14 Å². The molecule has 0 N–H and O–H groups in total. The van der Waals surface area contributed by atoms with Crippen molar-refractivity contribution in [3.63, 3.8) is 0 Å². The van der Waals surface area contributed by atoms with Gasteiger partial charge in [-0.2, -0.15) is 0 Å². The first-order valence-corrected chi connectivity index (χ1v) is 25.0. The minimum atomic E-state index is -1.63. The van der Waals surface area contributed by atoms with E-state index in [1.54, 1.807) is 0 Å². The van der Waals surface area contributed by atoms with Crippen LogP contribution in [0, 0.1) is 5.92 Å². The summed E-state index contributed by atoms with van der Waals surface area (Å²) in [6.45, 7) is 4.37. The fraction of sp³-hybridized carbons (Fsp3) is 1.00. The van der Waals surface area contributed by atoms with Crippen LogP contribution >= 0.6 is 62.9 Å². The minimum absolute atomic E-state index is 0.0789. The standard InChI is InChI=1S/C12H25OP.H7OP7S2/c1-12(2)8-4-3-5-9-14(13)10-6-7-11-14;1-10(9)6-8(5-2)7(3)4/h12H,3-11H2,1-2H3;5H,2-4H2. The van der Waals surface area contributed by atoms with Crippen LogP contribution in [-0.2, 0) is 24.3 Å². The van der Waals surface area contributed by atoms with Crippen molar-refractivity contribution < 1.29 is 8.77 Å². The van der Waals surface area contributed by atoms with Crippen LogP contribution in [-0.4, -0.2) is 22.7 Å². The van der Waals surface area contributed by atoms with E-state index in [0.29, 0.717) is 0 Å². The van der Waals surface area contributed by atoms with E-state index in [1.165, 1.54) is 38.5 Å². The molecule has 0 spiro atoms. The number of unbranched alkanes of at least 4 members (excludes halogenated alkanes) is 2. The fourth-order valence-electron chi connectivity index (χ4n) is 2.46. The first-order valence-electron chi connectivity index (χ1n) is 8.14. The Hall–Kier alpha value is 3.35. The summed E-state index contributed by atoms with van der Waals surface area (Å²) in [7, 11) is 7.35. The third kappa shape index (κ3) is 15.3. The lowest BCUT2D eigenvalue weighted by Crippen LogP contribution is -1.93. The van der Waals surface area contributed by atoms with Gasteiger partial charge in [0.15, 0.2) is 0 Å². The number of hydrogen-bond donors (Lipinski definition) is 0. The Kier molecular flexibility index (Phi) is 18.4. The van der Waals surface area contributed by atoms with Gasteiger partial charge in [-0.15, -0.1) is 26.8 Å². The predicted molar refractivity (Wildman–Crippen MR) is 138 cm³/mol. The molecule has 0 bridgehead atoms. The Morgan fingerprint density at radius 1 is 1.25 bits per heavy atom. The van der Waals surface area contributed by atoms with Gasteiger partial charge in [0.2, 0.25) is 0 Å². The summed E-state index contributed by atoms with van der Waals surface area (Å²) < 4.78 is 22.7. The fourth-order valence-corrected chi connectivity index (χ4v) is 47.7. The van der Waals surface area contributed by atoms with Crippen molar-refractivity contribution in [1.82, 2.24) is 0 Å². The maximum atomic E-state index is 12.1. The molecule has 5 unspecified atom stereocenters. The molecule has 0 aromatic rings. The Labute approximate surface area is 167 Å². The van der Waals surface area contributed by atoms with Gasteiger partial charge in [-0.3, -0.25) is 0 Å². The lowest BCUT2D eigenvalue weighted by molar-refractivity contribution is 0.531. The van der Waals surface area contributed by atoms with Crippen molar-refractivity contribution in [1.29, 1.82) is 0 Å². The van der Waals surface area contributed by atoms with Crippen LogP contribution < -0.4 is 0 Å². The molecule has 0 aromatic carbocycles. The molecule has 0 aliphatic carbocycles. The minimum Gasteiger partial charge on any atom is -0.324 e. The summed E-state index contributed by atoms with van der Waals surface area (Å²) in [4.78, 5) is 0. The predicted octanol–water partition coefficient (Wildman–Crippen LogP) is 8.18. The summed E-state index contributed by atoms with van der Waals surface area (Å²) in [5.74, 6) is 0.831. The van der Waals surface area contributed by atoms with Crippen molar-refractivity contribution in [2.24, 2.45) is 5.92 Å². The molecule has 1 heterocycles. The molecular formula is C12H32O2P8S2. The molecule has 1 aliphatic rings. The van der Waals surface area contributed by atoms with Gasteiger partial charge >= 0.3 is 0 Å². The zero-order valence-electron chi connectivity index (χ0n) is 14.6. The third-order valence-corrected chi connectivity index (χ3v) is 43.6. The van der Waals surface area contributed by atoms with Crippen LogP contribution in [0.2, 0.25) is 0 Å². The third-order valence-electron chi connectivity index (χ3n) is 3.71. The summed E-state index contributed by atoms with van der Waals surface area (Å²) in [6.07, 6.45) is 10.8. The van der Waals surface area contributed by atoms with Crippen LogP contribution in [0.15, 0.2) is 0 Å². The average molecular weight is 520 g/mol. The van der Waals surface area contributed by atoms with Crippen molar-refractivity contribution >= 4 is 82.6 Å². The second-order valence-corrected chi connectivity index (χ2v) is 35.7. The quantitative estimate of drug-likeness (QED) is 0.227. The van der Waals surface area contributed by atoms with Crippen molar-refractivity contribution in [3.05, 3.63) is 0 Å². The Morgan fingerprint density at radius 2 is 1.83 bits per heavy atom. The monoisotopic (exact) mass is 520 g/mol. The zero-order valence-corrected chi connectivity index (χ0v) is 24.3. The van der Waals surface area contributed by atoms with Crippen LogP contribution in [0.5, 0.6) is 0 Å². The molecule has 144 valence electrons. The molecule has 0 amide bonds. The van der Waals surface area contributed by atoms with E-state index in [1.807, 2.05) is 0 Å². The first-order chi connectivity index (χ1) is 11.2. The van der Waals surface area contributed by atoms with Gasteiger partial charge in [0.25, 0.3) is 0 Å². The normalized spacial score (nSPS) is 18.3. The SMILES string of the molecule is CC(C)CCCCCP1(=O)CCCC1.O=S(=S)=PP(PP)P(P)P. The van der Waals surface area contributed by atoms with Gasteiger partial charge in [-0.05, 0) is 32.2 Å². The molecule has 24 heavy (non-hydrogen) atoms. The van der Waals surface area contributed by atoms with Gasteiger partial charge in [0, 0.05) is 43.7 Å². The second kappa shape index (κ2) is 16.2. The number of hydrogen-bond acceptors (Lipinski definition) is 3. The smallest absolute Gasteiger partial charge is 0.101 e. The first kappa shape index (κ1) is 27.4. The van der Waals surface area contributed by atoms with Crippen LogP contribution in [0.25, 0.3) is 0 Å². The molecule has 1 aliphatic heterocycles. The molecule has 2 nitrogen and oxygen atoms in total. The lowest BCUT2D eigenvalue weighted by atomic mass is 10.1. The van der Waals surface area contributed by atoms with E-state index in [-0.39, 0.29) is 14.0 Å². The number of rotatable bonds is 9. The van der Waals surface area contributed by atoms with E-state index in [4.69, 9.17) is 0 Å². The maximum absolute atomic E-state index is 12.1. The molecule has 0 aromatic heterocycles. The Bertz CT molecular complexity index is 491. The summed E-state index contributed by atoms with van der Waals surface area (Å²) in [5, 5.41) is 0. The lowest BCUT2D eigenvalue weighted by Gasteiger charge is -2.10. The largest absolute Gasteiger partial charge is 0.324 e. The van der Waals surface area contributed by atoms with E-state index in [0.717, 1.165) is 39.4 Å². The summed E-state index contributed by atoms with van der Waals surface area (Å²) >= 11 is 4.60. The molecule has 5 atom stereocenters. The van der Waals surface area contributed by atoms with E-state index >= 15 is 0 Å². The van der Waals surface area contributed by atoms with Gasteiger partial charge < -0.3 is 4.57 Å². The Morgan fingerprint density at radius 3 is 2.21 bits per heavy atom. The zero-order chi connectivity index (χ0) is 18.6. The second-order valence-electron chi connectivity index (χ2n) is 6.28. The average Bonchev–Trinajstić information content (AvgIpc) is 2.91. The topological polar surface area (TPSA) is 34.1 Å². The van der Waals surface area contributed by atoms with Crippen LogP contribution in [0.4, 0.5) is 0 Å². The molecule has 0 saturated carbocycles. The highest BCUT2D eigenvalue weighted by Gasteiger charge is 2.25. The van der Waals surface area contributed by atoms with Crippen molar-refractivity contribution in [2.75, 3.05) is 18.5 Å². The van der Waals surface area contributed by atoms with Crippen LogP contribution in [0.1, 0.15) is 52.4 Å². The van der Waals surface area contributed by atoms with Crippen molar-refractivity contribution in [3.8, 4) is 0 Å².